The van der Waals surface area contributed by atoms with E-state index in [9.17, 15) is 14.9 Å². The average molecular weight is 398 g/mol. The Morgan fingerprint density at radius 2 is 1.82 bits per heavy atom. The third-order valence-electron chi connectivity index (χ3n) is 4.66. The van der Waals surface area contributed by atoms with Gasteiger partial charge in [0.15, 0.2) is 10.8 Å². The number of fused-ring (bicyclic) bond motifs is 1. The number of amides is 1. The molecular formula is C18H18N6O3S. The van der Waals surface area contributed by atoms with Crippen molar-refractivity contribution in [1.29, 1.82) is 0 Å². The van der Waals surface area contributed by atoms with Gasteiger partial charge in [0.2, 0.25) is 5.91 Å². The zero-order chi connectivity index (χ0) is 19.5. The van der Waals surface area contributed by atoms with Crippen LogP contribution >= 0.6 is 11.8 Å². The molecule has 9 nitrogen and oxygen atoms in total. The molecule has 0 saturated carbocycles. The maximum Gasteiger partial charge on any atom is 0.292 e. The second-order valence-corrected chi connectivity index (χ2v) is 7.26. The predicted molar refractivity (Wildman–Crippen MR) is 106 cm³/mol. The minimum atomic E-state index is -0.369. The maximum absolute atomic E-state index is 12.6. The number of thioether (sulfide) groups is 1. The molecule has 28 heavy (non-hydrogen) atoms. The van der Waals surface area contributed by atoms with Crippen molar-refractivity contribution in [3.05, 3.63) is 58.8 Å². The lowest BCUT2D eigenvalue weighted by atomic mass is 10.2. The molecule has 1 amide bonds. The molecule has 0 spiro atoms. The minimum absolute atomic E-state index is 0.0277. The first-order valence-corrected chi connectivity index (χ1v) is 9.81. The molecule has 0 radical (unpaired) electrons. The Morgan fingerprint density at radius 1 is 1.07 bits per heavy atom. The SMILES string of the molecule is O=C(CSc1nnc2ccccn12)N1CCN(c2ccccc2[N+](=O)[O-])CC1. The number of carbonyl (C=O) groups is 1. The minimum Gasteiger partial charge on any atom is -0.362 e. The number of rotatable bonds is 5. The van der Waals surface area contributed by atoms with Crippen molar-refractivity contribution in [2.24, 2.45) is 0 Å². The molecule has 3 aromatic rings. The van der Waals surface area contributed by atoms with Crippen LogP contribution in [0.2, 0.25) is 0 Å². The van der Waals surface area contributed by atoms with E-state index in [0.29, 0.717) is 37.0 Å². The van der Waals surface area contributed by atoms with Gasteiger partial charge < -0.3 is 9.80 Å². The molecule has 0 unspecified atom stereocenters. The van der Waals surface area contributed by atoms with Crippen LogP contribution in [-0.4, -0.2) is 62.3 Å². The second kappa shape index (κ2) is 7.85. The lowest BCUT2D eigenvalue weighted by molar-refractivity contribution is -0.384. The molecule has 1 fully saturated rings. The lowest BCUT2D eigenvalue weighted by Gasteiger charge is -2.35. The van der Waals surface area contributed by atoms with E-state index in [-0.39, 0.29) is 22.3 Å². The summed E-state index contributed by atoms with van der Waals surface area (Å²) >= 11 is 1.36. The van der Waals surface area contributed by atoms with Gasteiger partial charge in [-0.15, -0.1) is 10.2 Å². The van der Waals surface area contributed by atoms with Crippen molar-refractivity contribution in [1.82, 2.24) is 19.5 Å². The largest absolute Gasteiger partial charge is 0.362 e. The Balaban J connectivity index is 1.35. The van der Waals surface area contributed by atoms with Gasteiger partial charge in [-0.1, -0.05) is 30.0 Å². The van der Waals surface area contributed by atoms with E-state index in [0.717, 1.165) is 5.65 Å². The summed E-state index contributed by atoms with van der Waals surface area (Å²) in [4.78, 5) is 27.2. The number of pyridine rings is 1. The summed E-state index contributed by atoms with van der Waals surface area (Å²) in [6, 6.07) is 12.4. The van der Waals surface area contributed by atoms with Gasteiger partial charge in [-0.25, -0.2) is 0 Å². The maximum atomic E-state index is 12.6. The highest BCUT2D eigenvalue weighted by Gasteiger charge is 2.25. The molecule has 0 bridgehead atoms. The molecule has 4 rings (SSSR count). The molecular weight excluding hydrogens is 380 g/mol. The molecule has 1 aliphatic rings. The van der Waals surface area contributed by atoms with Crippen LogP contribution in [0, 0.1) is 10.1 Å². The number of anilines is 1. The highest BCUT2D eigenvalue weighted by atomic mass is 32.2. The van der Waals surface area contributed by atoms with Gasteiger partial charge in [0, 0.05) is 38.4 Å². The highest BCUT2D eigenvalue weighted by molar-refractivity contribution is 7.99. The molecule has 144 valence electrons. The van der Waals surface area contributed by atoms with Crippen LogP contribution in [0.15, 0.2) is 53.8 Å². The van der Waals surface area contributed by atoms with Crippen LogP contribution in [0.1, 0.15) is 0 Å². The van der Waals surface area contributed by atoms with Crippen LogP contribution < -0.4 is 4.90 Å². The van der Waals surface area contributed by atoms with Gasteiger partial charge in [0.1, 0.15) is 5.69 Å². The normalized spacial score (nSPS) is 14.4. The smallest absolute Gasteiger partial charge is 0.292 e. The van der Waals surface area contributed by atoms with Crippen molar-refractivity contribution < 1.29 is 9.72 Å². The molecule has 1 aliphatic heterocycles. The zero-order valence-electron chi connectivity index (χ0n) is 15.0. The van der Waals surface area contributed by atoms with Crippen molar-refractivity contribution in [2.75, 3.05) is 36.8 Å². The number of piperazine rings is 1. The molecule has 0 N–H and O–H groups in total. The summed E-state index contributed by atoms with van der Waals surface area (Å²) in [5.41, 5.74) is 1.44. The number of benzene rings is 1. The van der Waals surface area contributed by atoms with Crippen molar-refractivity contribution >= 4 is 34.7 Å². The number of hydrogen-bond donors (Lipinski definition) is 0. The van der Waals surface area contributed by atoms with E-state index in [2.05, 4.69) is 10.2 Å². The first-order valence-electron chi connectivity index (χ1n) is 8.82. The topological polar surface area (TPSA) is 96.9 Å². The lowest BCUT2D eigenvalue weighted by Crippen LogP contribution is -2.49. The standard InChI is InChI=1S/C18H18N6O3S/c25-17(13-28-18-20-19-16-7-3-4-8-23(16)18)22-11-9-21(10-12-22)14-5-1-2-6-15(14)24(26)27/h1-8H,9-13H2. The fourth-order valence-electron chi connectivity index (χ4n) is 3.22. The Bertz CT molecular complexity index is 1020. The first-order chi connectivity index (χ1) is 13.6. The van der Waals surface area contributed by atoms with Crippen molar-refractivity contribution in [3.63, 3.8) is 0 Å². The Morgan fingerprint density at radius 3 is 2.61 bits per heavy atom. The summed E-state index contributed by atoms with van der Waals surface area (Å²) in [5.74, 6) is 0.307. The van der Waals surface area contributed by atoms with E-state index in [1.807, 2.05) is 33.7 Å². The first kappa shape index (κ1) is 18.2. The van der Waals surface area contributed by atoms with Crippen LogP contribution in [0.25, 0.3) is 5.65 Å². The molecule has 1 saturated heterocycles. The number of hydrogen-bond acceptors (Lipinski definition) is 7. The van der Waals surface area contributed by atoms with E-state index in [4.69, 9.17) is 0 Å². The quantitative estimate of drug-likeness (QED) is 0.369. The van der Waals surface area contributed by atoms with Gasteiger partial charge in [-0.3, -0.25) is 19.3 Å². The van der Waals surface area contributed by atoms with Gasteiger partial charge in [0.25, 0.3) is 5.69 Å². The Labute approximate surface area is 165 Å². The second-order valence-electron chi connectivity index (χ2n) is 6.31. The Hall–Kier alpha value is -3.14. The molecule has 10 heteroatoms. The zero-order valence-corrected chi connectivity index (χ0v) is 15.8. The van der Waals surface area contributed by atoms with E-state index >= 15 is 0 Å². The van der Waals surface area contributed by atoms with Crippen LogP contribution in [0.3, 0.4) is 0 Å². The van der Waals surface area contributed by atoms with E-state index in [1.165, 1.54) is 17.8 Å². The third-order valence-corrected chi connectivity index (χ3v) is 5.59. The summed E-state index contributed by atoms with van der Waals surface area (Å²) in [6.07, 6.45) is 1.87. The highest BCUT2D eigenvalue weighted by Crippen LogP contribution is 2.28. The molecule has 0 atom stereocenters. The summed E-state index contributed by atoms with van der Waals surface area (Å²) in [6.45, 7) is 2.20. The number of nitro groups is 1. The fraction of sp³-hybridized carbons (Fsp3) is 0.278. The van der Waals surface area contributed by atoms with Crippen LogP contribution in [0.5, 0.6) is 0 Å². The molecule has 0 aliphatic carbocycles. The van der Waals surface area contributed by atoms with Gasteiger partial charge in [-0.05, 0) is 18.2 Å². The summed E-state index contributed by atoms with van der Waals surface area (Å²) in [7, 11) is 0. The summed E-state index contributed by atoms with van der Waals surface area (Å²) < 4.78 is 1.85. The van der Waals surface area contributed by atoms with Gasteiger partial charge in [-0.2, -0.15) is 0 Å². The number of aromatic nitrogens is 3. The van der Waals surface area contributed by atoms with Crippen molar-refractivity contribution in [2.45, 2.75) is 5.16 Å². The predicted octanol–water partition coefficient (Wildman–Crippen LogP) is 2.08. The summed E-state index contributed by atoms with van der Waals surface area (Å²) in [5, 5.41) is 20.1. The van der Waals surface area contributed by atoms with E-state index < -0.39 is 0 Å². The van der Waals surface area contributed by atoms with Crippen LogP contribution in [0.4, 0.5) is 11.4 Å². The molecule has 2 aromatic heterocycles. The van der Waals surface area contributed by atoms with Gasteiger partial charge in [0.05, 0.1) is 10.7 Å². The molecule has 3 heterocycles. The fourth-order valence-corrected chi connectivity index (χ4v) is 4.05. The Kier molecular flexibility index (Phi) is 5.11. The van der Waals surface area contributed by atoms with E-state index in [1.54, 1.807) is 23.1 Å². The molecule has 1 aromatic carbocycles. The monoisotopic (exact) mass is 398 g/mol. The number of nitro benzene ring substituents is 1. The number of carbonyl (C=O) groups excluding carboxylic acids is 1. The number of para-hydroxylation sites is 2. The van der Waals surface area contributed by atoms with Crippen molar-refractivity contribution in [3.8, 4) is 0 Å². The van der Waals surface area contributed by atoms with Crippen LogP contribution in [-0.2, 0) is 4.79 Å². The van der Waals surface area contributed by atoms with Gasteiger partial charge >= 0.3 is 0 Å². The average Bonchev–Trinajstić information content (AvgIpc) is 3.15. The number of nitrogens with zero attached hydrogens (tertiary/aromatic N) is 6. The third kappa shape index (κ3) is 3.63.